The van der Waals surface area contributed by atoms with Crippen molar-refractivity contribution in [2.75, 3.05) is 7.11 Å². The van der Waals surface area contributed by atoms with Crippen molar-refractivity contribution in [3.05, 3.63) is 64.1 Å². The van der Waals surface area contributed by atoms with E-state index in [1.165, 1.54) is 7.11 Å². The number of esters is 1. The smallest absolute Gasteiger partial charge is 0.343 e. The molecule has 2 aromatic rings. The van der Waals surface area contributed by atoms with Crippen LogP contribution in [-0.2, 0) is 10.2 Å². The number of methoxy groups -OCH3 is 1. The molecule has 1 heterocycles. The SMILES string of the molecule is COc1cc(/C=C2/SC(=O)NC2=O)ccc1OC(=O)c1ccc(C(C)(C)C)cc1. The van der Waals surface area contributed by atoms with Gasteiger partial charge >= 0.3 is 5.97 Å². The van der Waals surface area contributed by atoms with Gasteiger partial charge in [0.25, 0.3) is 11.1 Å². The molecule has 0 atom stereocenters. The van der Waals surface area contributed by atoms with Crippen LogP contribution in [0.4, 0.5) is 4.79 Å². The van der Waals surface area contributed by atoms with Gasteiger partial charge in [0.05, 0.1) is 17.6 Å². The van der Waals surface area contributed by atoms with Gasteiger partial charge in [-0.05, 0) is 58.6 Å². The first-order valence-electron chi connectivity index (χ1n) is 8.93. The highest BCUT2D eigenvalue weighted by molar-refractivity contribution is 8.18. The first-order valence-corrected chi connectivity index (χ1v) is 9.74. The molecule has 2 aromatic carbocycles. The Morgan fingerprint density at radius 1 is 1.03 bits per heavy atom. The second-order valence-electron chi connectivity index (χ2n) is 7.48. The van der Waals surface area contributed by atoms with Crippen LogP contribution in [0.1, 0.15) is 42.3 Å². The summed E-state index contributed by atoms with van der Waals surface area (Å²) < 4.78 is 10.8. The van der Waals surface area contributed by atoms with E-state index in [4.69, 9.17) is 9.47 Å². The van der Waals surface area contributed by atoms with Crippen LogP contribution in [0.5, 0.6) is 11.5 Å². The molecule has 3 rings (SSSR count). The summed E-state index contributed by atoms with van der Waals surface area (Å²) >= 11 is 0.832. The third-order valence-corrected chi connectivity index (χ3v) is 5.13. The third-order valence-electron chi connectivity index (χ3n) is 4.32. The summed E-state index contributed by atoms with van der Waals surface area (Å²) in [6.07, 6.45) is 1.57. The first-order chi connectivity index (χ1) is 13.7. The number of benzene rings is 2. The molecule has 0 spiro atoms. The molecule has 29 heavy (non-hydrogen) atoms. The average Bonchev–Trinajstić information content (AvgIpc) is 2.99. The molecular formula is C22H21NO5S. The van der Waals surface area contributed by atoms with Gasteiger partial charge in [-0.25, -0.2) is 4.79 Å². The molecule has 0 unspecified atom stereocenters. The Labute approximate surface area is 173 Å². The number of imide groups is 1. The van der Waals surface area contributed by atoms with E-state index in [1.54, 1.807) is 36.4 Å². The second-order valence-corrected chi connectivity index (χ2v) is 8.49. The average molecular weight is 411 g/mol. The fraction of sp³-hybridized carbons (Fsp3) is 0.227. The van der Waals surface area contributed by atoms with Crippen molar-refractivity contribution in [1.82, 2.24) is 5.32 Å². The van der Waals surface area contributed by atoms with Crippen molar-refractivity contribution in [2.24, 2.45) is 0 Å². The molecule has 0 aliphatic carbocycles. The zero-order valence-electron chi connectivity index (χ0n) is 16.6. The van der Waals surface area contributed by atoms with E-state index >= 15 is 0 Å². The van der Waals surface area contributed by atoms with Gasteiger partial charge in [0, 0.05) is 0 Å². The number of carbonyl (C=O) groups excluding carboxylic acids is 3. The van der Waals surface area contributed by atoms with E-state index in [-0.39, 0.29) is 11.2 Å². The molecule has 1 fully saturated rings. The predicted octanol–water partition coefficient (Wildman–Crippen LogP) is 4.54. The van der Waals surface area contributed by atoms with Crippen molar-refractivity contribution in [1.29, 1.82) is 0 Å². The Morgan fingerprint density at radius 2 is 1.72 bits per heavy atom. The number of ether oxygens (including phenoxy) is 2. The van der Waals surface area contributed by atoms with Gasteiger partial charge < -0.3 is 9.47 Å². The number of carbonyl (C=O) groups is 3. The summed E-state index contributed by atoms with van der Waals surface area (Å²) in [6, 6.07) is 12.2. The lowest BCUT2D eigenvalue weighted by atomic mass is 9.87. The number of nitrogens with one attached hydrogen (secondary N) is 1. The number of rotatable bonds is 4. The molecule has 0 bridgehead atoms. The fourth-order valence-electron chi connectivity index (χ4n) is 2.70. The molecule has 0 radical (unpaired) electrons. The van der Waals surface area contributed by atoms with Crippen molar-refractivity contribution in [3.63, 3.8) is 0 Å². The Kier molecular flexibility index (Phi) is 5.79. The van der Waals surface area contributed by atoms with E-state index < -0.39 is 17.1 Å². The van der Waals surface area contributed by atoms with Gasteiger partial charge in [0.1, 0.15) is 0 Å². The maximum absolute atomic E-state index is 12.5. The Bertz CT molecular complexity index is 1000. The first kappa shape index (κ1) is 20.7. The number of hydrogen-bond donors (Lipinski definition) is 1. The zero-order valence-corrected chi connectivity index (χ0v) is 17.4. The number of thioether (sulfide) groups is 1. The molecule has 7 heteroatoms. The Balaban J connectivity index is 1.79. The fourth-order valence-corrected chi connectivity index (χ4v) is 3.38. The normalized spacial score (nSPS) is 15.4. The lowest BCUT2D eigenvalue weighted by Crippen LogP contribution is -2.17. The molecular weight excluding hydrogens is 390 g/mol. The Morgan fingerprint density at radius 3 is 2.28 bits per heavy atom. The summed E-state index contributed by atoms with van der Waals surface area (Å²) in [6.45, 7) is 6.31. The summed E-state index contributed by atoms with van der Waals surface area (Å²) in [5.74, 6) is -0.327. The number of amides is 2. The number of hydrogen-bond acceptors (Lipinski definition) is 6. The van der Waals surface area contributed by atoms with Crippen LogP contribution in [0.25, 0.3) is 6.08 Å². The quantitative estimate of drug-likeness (QED) is 0.452. The van der Waals surface area contributed by atoms with Crippen LogP contribution in [0, 0.1) is 0 Å². The van der Waals surface area contributed by atoms with Crippen LogP contribution in [0.2, 0.25) is 0 Å². The van der Waals surface area contributed by atoms with Gasteiger partial charge in [-0.1, -0.05) is 39.0 Å². The maximum atomic E-state index is 12.5. The monoisotopic (exact) mass is 411 g/mol. The van der Waals surface area contributed by atoms with Gasteiger partial charge in [-0.3, -0.25) is 14.9 Å². The van der Waals surface area contributed by atoms with E-state index in [2.05, 4.69) is 26.1 Å². The molecule has 0 aromatic heterocycles. The van der Waals surface area contributed by atoms with Gasteiger partial charge in [0.2, 0.25) is 0 Å². The minimum Gasteiger partial charge on any atom is -0.493 e. The summed E-state index contributed by atoms with van der Waals surface area (Å²) in [5.41, 5.74) is 2.19. The molecule has 1 aliphatic rings. The molecule has 2 amide bonds. The Hall–Kier alpha value is -3.06. The third kappa shape index (κ3) is 4.86. The van der Waals surface area contributed by atoms with Crippen LogP contribution < -0.4 is 14.8 Å². The topological polar surface area (TPSA) is 81.7 Å². The molecule has 150 valence electrons. The van der Waals surface area contributed by atoms with Gasteiger partial charge in [-0.15, -0.1) is 0 Å². The van der Waals surface area contributed by atoms with Crippen molar-refractivity contribution < 1.29 is 23.9 Å². The highest BCUT2D eigenvalue weighted by atomic mass is 32.2. The van der Waals surface area contributed by atoms with Crippen molar-refractivity contribution in [2.45, 2.75) is 26.2 Å². The van der Waals surface area contributed by atoms with Crippen LogP contribution >= 0.6 is 11.8 Å². The van der Waals surface area contributed by atoms with Crippen LogP contribution in [0.3, 0.4) is 0 Å². The molecule has 0 saturated carbocycles. The van der Waals surface area contributed by atoms with E-state index in [0.29, 0.717) is 21.8 Å². The van der Waals surface area contributed by atoms with E-state index in [0.717, 1.165) is 17.3 Å². The summed E-state index contributed by atoms with van der Waals surface area (Å²) in [5, 5.41) is 1.79. The van der Waals surface area contributed by atoms with E-state index in [9.17, 15) is 14.4 Å². The van der Waals surface area contributed by atoms with Crippen molar-refractivity contribution >= 4 is 35.0 Å². The van der Waals surface area contributed by atoms with Crippen molar-refractivity contribution in [3.8, 4) is 11.5 Å². The molecule has 1 aliphatic heterocycles. The lowest BCUT2D eigenvalue weighted by molar-refractivity contribution is -0.115. The largest absolute Gasteiger partial charge is 0.493 e. The maximum Gasteiger partial charge on any atom is 0.343 e. The lowest BCUT2D eigenvalue weighted by Gasteiger charge is -2.19. The summed E-state index contributed by atoms with van der Waals surface area (Å²) in [7, 11) is 1.46. The predicted molar refractivity (Wildman–Crippen MR) is 112 cm³/mol. The highest BCUT2D eigenvalue weighted by Gasteiger charge is 2.25. The minimum atomic E-state index is -0.494. The van der Waals surface area contributed by atoms with Gasteiger partial charge in [-0.2, -0.15) is 0 Å². The minimum absolute atomic E-state index is 0.00484. The van der Waals surface area contributed by atoms with Crippen LogP contribution in [0.15, 0.2) is 47.4 Å². The van der Waals surface area contributed by atoms with Gasteiger partial charge in [0.15, 0.2) is 11.5 Å². The highest BCUT2D eigenvalue weighted by Crippen LogP contribution is 2.32. The molecule has 1 N–H and O–H groups in total. The van der Waals surface area contributed by atoms with Crippen LogP contribution in [-0.4, -0.2) is 24.2 Å². The molecule has 1 saturated heterocycles. The standard InChI is InChI=1S/C22H21NO5S/c1-22(2,3)15-8-6-14(7-9-15)20(25)28-16-10-5-13(11-17(16)27-4)12-18-19(24)23-21(26)29-18/h5-12H,1-4H3,(H,23,24,26)/b18-12+. The second kappa shape index (κ2) is 8.13. The summed E-state index contributed by atoms with van der Waals surface area (Å²) in [4.78, 5) is 35.7. The zero-order chi connectivity index (χ0) is 21.2. The molecule has 6 nitrogen and oxygen atoms in total. The van der Waals surface area contributed by atoms with E-state index in [1.807, 2.05) is 12.1 Å².